The molecule has 0 bridgehead atoms. The van der Waals surface area contributed by atoms with E-state index in [-0.39, 0.29) is 30.8 Å². The predicted octanol–water partition coefficient (Wildman–Crippen LogP) is 2.14. The van der Waals surface area contributed by atoms with Crippen LogP contribution in [0, 0.1) is 0 Å². The number of aliphatic carboxylic acids is 1. The average molecular weight is 318 g/mol. The first-order chi connectivity index (χ1) is 10.9. The fourth-order valence-electron chi connectivity index (χ4n) is 2.70. The number of carbonyl (C=O) groups excluding carboxylic acids is 2. The van der Waals surface area contributed by atoms with Gasteiger partial charge in [-0.25, -0.2) is 0 Å². The molecular formula is C17H22N2O4. The second-order valence-corrected chi connectivity index (χ2v) is 5.94. The molecule has 2 amide bonds. The van der Waals surface area contributed by atoms with Crippen molar-refractivity contribution in [1.82, 2.24) is 4.90 Å². The van der Waals surface area contributed by atoms with E-state index in [1.165, 1.54) is 0 Å². The molecule has 1 heterocycles. The van der Waals surface area contributed by atoms with E-state index in [1.807, 2.05) is 19.9 Å². The maximum atomic E-state index is 12.7. The molecule has 6 nitrogen and oxygen atoms in total. The maximum absolute atomic E-state index is 12.7. The normalized spacial score (nSPS) is 14.4. The molecule has 0 spiro atoms. The summed E-state index contributed by atoms with van der Waals surface area (Å²) >= 11 is 0. The highest BCUT2D eigenvalue weighted by molar-refractivity contribution is 5.99. The smallest absolute Gasteiger partial charge is 0.305 e. The molecule has 1 aliphatic heterocycles. The molecule has 0 unspecified atom stereocenters. The van der Waals surface area contributed by atoms with Crippen molar-refractivity contribution in [2.75, 3.05) is 18.0 Å². The van der Waals surface area contributed by atoms with Crippen molar-refractivity contribution in [1.29, 1.82) is 0 Å². The number of amides is 2. The number of rotatable bonds is 6. The van der Waals surface area contributed by atoms with Crippen molar-refractivity contribution in [2.24, 2.45) is 0 Å². The van der Waals surface area contributed by atoms with Crippen molar-refractivity contribution in [2.45, 2.75) is 39.2 Å². The van der Waals surface area contributed by atoms with Crippen LogP contribution < -0.4 is 4.90 Å². The maximum Gasteiger partial charge on any atom is 0.305 e. The van der Waals surface area contributed by atoms with Gasteiger partial charge in [0.25, 0.3) is 5.91 Å². The van der Waals surface area contributed by atoms with E-state index < -0.39 is 5.97 Å². The summed E-state index contributed by atoms with van der Waals surface area (Å²) < 4.78 is 0. The Balaban J connectivity index is 2.20. The lowest BCUT2D eigenvalue weighted by Crippen LogP contribution is -2.38. The van der Waals surface area contributed by atoms with E-state index >= 15 is 0 Å². The Bertz CT molecular complexity index is 612. The molecule has 1 aliphatic rings. The number of anilines is 1. The van der Waals surface area contributed by atoms with Crippen LogP contribution in [0.15, 0.2) is 24.3 Å². The molecule has 0 radical (unpaired) electrons. The summed E-state index contributed by atoms with van der Waals surface area (Å²) in [6.07, 6.45) is 1.27. The molecule has 0 atom stereocenters. The first kappa shape index (κ1) is 17.0. The summed E-state index contributed by atoms with van der Waals surface area (Å²) in [5, 5.41) is 8.83. The van der Waals surface area contributed by atoms with Crippen LogP contribution in [0.3, 0.4) is 0 Å². The van der Waals surface area contributed by atoms with Crippen molar-refractivity contribution < 1.29 is 19.5 Å². The van der Waals surface area contributed by atoms with Crippen molar-refractivity contribution in [3.05, 3.63) is 29.8 Å². The van der Waals surface area contributed by atoms with Gasteiger partial charge in [-0.1, -0.05) is 6.07 Å². The molecular weight excluding hydrogens is 296 g/mol. The number of hydrogen-bond acceptors (Lipinski definition) is 3. The molecule has 0 aromatic heterocycles. The highest BCUT2D eigenvalue weighted by Gasteiger charge is 2.24. The predicted molar refractivity (Wildman–Crippen MR) is 86.5 cm³/mol. The lowest BCUT2D eigenvalue weighted by Gasteiger charge is -2.27. The molecule has 1 saturated heterocycles. The zero-order chi connectivity index (χ0) is 17.0. The van der Waals surface area contributed by atoms with Crippen LogP contribution in [0.25, 0.3) is 0 Å². The minimum absolute atomic E-state index is 0.0705. The number of nitrogens with zero attached hydrogens (tertiary/aromatic N) is 2. The van der Waals surface area contributed by atoms with Gasteiger partial charge in [-0.3, -0.25) is 14.4 Å². The second-order valence-electron chi connectivity index (χ2n) is 5.94. The third kappa shape index (κ3) is 4.09. The van der Waals surface area contributed by atoms with Gasteiger partial charge < -0.3 is 14.9 Å². The summed E-state index contributed by atoms with van der Waals surface area (Å²) in [6.45, 7) is 4.54. The minimum Gasteiger partial charge on any atom is -0.481 e. The largest absolute Gasteiger partial charge is 0.481 e. The monoisotopic (exact) mass is 318 g/mol. The van der Waals surface area contributed by atoms with Crippen LogP contribution >= 0.6 is 0 Å². The van der Waals surface area contributed by atoms with E-state index in [4.69, 9.17) is 5.11 Å². The second kappa shape index (κ2) is 7.26. The molecule has 0 aliphatic carbocycles. The minimum atomic E-state index is -0.931. The zero-order valence-electron chi connectivity index (χ0n) is 13.5. The summed E-state index contributed by atoms with van der Waals surface area (Å²) in [4.78, 5) is 38.5. The molecule has 1 N–H and O–H groups in total. The number of carboxylic acids is 1. The highest BCUT2D eigenvalue weighted by atomic mass is 16.4. The SMILES string of the molecule is CC(C)N(CCC(=O)O)C(=O)c1cccc(N2CCCC2=O)c1. The van der Waals surface area contributed by atoms with Crippen molar-refractivity contribution in [3.8, 4) is 0 Å². The molecule has 1 fully saturated rings. The number of carboxylic acid groups (broad SMARTS) is 1. The Hall–Kier alpha value is -2.37. The third-order valence-corrected chi connectivity index (χ3v) is 3.93. The van der Waals surface area contributed by atoms with Crippen LogP contribution in [0.4, 0.5) is 5.69 Å². The van der Waals surface area contributed by atoms with Gasteiger partial charge in [-0.05, 0) is 38.5 Å². The quantitative estimate of drug-likeness (QED) is 0.871. The molecule has 2 rings (SSSR count). The Labute approximate surface area is 135 Å². The van der Waals surface area contributed by atoms with Crippen molar-refractivity contribution in [3.63, 3.8) is 0 Å². The van der Waals surface area contributed by atoms with Gasteiger partial charge in [-0.15, -0.1) is 0 Å². The summed E-state index contributed by atoms with van der Waals surface area (Å²) in [7, 11) is 0. The first-order valence-corrected chi connectivity index (χ1v) is 7.83. The van der Waals surface area contributed by atoms with Gasteiger partial charge in [0.05, 0.1) is 6.42 Å². The van der Waals surface area contributed by atoms with E-state index in [2.05, 4.69) is 0 Å². The topological polar surface area (TPSA) is 77.9 Å². The fraction of sp³-hybridized carbons (Fsp3) is 0.471. The number of benzene rings is 1. The Morgan fingerprint density at radius 3 is 2.65 bits per heavy atom. The summed E-state index contributed by atoms with van der Waals surface area (Å²) in [5.74, 6) is -1.07. The molecule has 1 aromatic rings. The molecule has 1 aromatic carbocycles. The Morgan fingerprint density at radius 1 is 1.35 bits per heavy atom. The van der Waals surface area contributed by atoms with E-state index in [0.29, 0.717) is 18.5 Å². The molecule has 6 heteroatoms. The van der Waals surface area contributed by atoms with Gasteiger partial charge in [0, 0.05) is 36.8 Å². The molecule has 124 valence electrons. The Kier molecular flexibility index (Phi) is 5.36. The fourth-order valence-corrected chi connectivity index (χ4v) is 2.70. The summed E-state index contributed by atoms with van der Waals surface area (Å²) in [5.41, 5.74) is 1.20. The first-order valence-electron chi connectivity index (χ1n) is 7.83. The molecule has 0 saturated carbocycles. The van der Waals surface area contributed by atoms with Gasteiger partial charge >= 0.3 is 5.97 Å². The van der Waals surface area contributed by atoms with Gasteiger partial charge in [0.2, 0.25) is 5.91 Å². The average Bonchev–Trinajstić information content (AvgIpc) is 2.93. The number of hydrogen-bond donors (Lipinski definition) is 1. The summed E-state index contributed by atoms with van der Waals surface area (Å²) in [6, 6.07) is 6.88. The van der Waals surface area contributed by atoms with Crippen LogP contribution in [0.2, 0.25) is 0 Å². The van der Waals surface area contributed by atoms with Crippen LogP contribution in [0.5, 0.6) is 0 Å². The van der Waals surface area contributed by atoms with E-state index in [1.54, 1.807) is 28.0 Å². The van der Waals surface area contributed by atoms with Crippen LogP contribution in [0.1, 0.15) is 43.5 Å². The molecule has 23 heavy (non-hydrogen) atoms. The van der Waals surface area contributed by atoms with E-state index in [0.717, 1.165) is 12.1 Å². The van der Waals surface area contributed by atoms with Gasteiger partial charge in [0.1, 0.15) is 0 Å². The lowest BCUT2D eigenvalue weighted by molar-refractivity contribution is -0.137. The highest BCUT2D eigenvalue weighted by Crippen LogP contribution is 2.23. The third-order valence-electron chi connectivity index (χ3n) is 3.93. The Morgan fingerprint density at radius 2 is 2.09 bits per heavy atom. The van der Waals surface area contributed by atoms with E-state index in [9.17, 15) is 14.4 Å². The van der Waals surface area contributed by atoms with Gasteiger partial charge in [0.15, 0.2) is 0 Å². The van der Waals surface area contributed by atoms with Crippen LogP contribution in [-0.2, 0) is 9.59 Å². The van der Waals surface area contributed by atoms with Crippen LogP contribution in [-0.4, -0.2) is 46.9 Å². The van der Waals surface area contributed by atoms with Gasteiger partial charge in [-0.2, -0.15) is 0 Å². The van der Waals surface area contributed by atoms with Crippen molar-refractivity contribution >= 4 is 23.5 Å². The lowest BCUT2D eigenvalue weighted by atomic mass is 10.1. The standard InChI is InChI=1S/C17H22N2O4/c1-12(2)18(10-8-16(21)22)17(23)13-5-3-6-14(11-13)19-9-4-7-15(19)20/h3,5-6,11-12H,4,7-10H2,1-2H3,(H,21,22). The number of carbonyl (C=O) groups is 3. The zero-order valence-corrected chi connectivity index (χ0v) is 13.5.